The van der Waals surface area contributed by atoms with E-state index in [1.54, 1.807) is 21.1 Å². The van der Waals surface area contributed by atoms with Gasteiger partial charge in [-0.1, -0.05) is 18.2 Å². The Balaban J connectivity index is 2.07. The van der Waals surface area contributed by atoms with Crippen LogP contribution in [-0.4, -0.2) is 27.4 Å². The highest BCUT2D eigenvalue weighted by Gasteiger charge is 2.19. The molecule has 1 aromatic carbocycles. The Labute approximate surface area is 122 Å². The Morgan fingerprint density at radius 1 is 1.43 bits per heavy atom. The summed E-state index contributed by atoms with van der Waals surface area (Å²) in [5, 5.41) is 2.80. The number of aryl methyl sites for hydroxylation is 1. The van der Waals surface area contributed by atoms with Gasteiger partial charge in [-0.05, 0) is 13.0 Å². The molecule has 0 saturated carbocycles. The van der Waals surface area contributed by atoms with Gasteiger partial charge in [-0.2, -0.15) is 4.98 Å². The number of benzene rings is 1. The van der Waals surface area contributed by atoms with Gasteiger partial charge in [-0.3, -0.25) is 9.48 Å². The lowest BCUT2D eigenvalue weighted by molar-refractivity contribution is -0.124. The van der Waals surface area contributed by atoms with Gasteiger partial charge in [-0.15, -0.1) is 0 Å². The second-order valence-electron chi connectivity index (χ2n) is 4.65. The molecule has 0 spiro atoms. The van der Waals surface area contributed by atoms with E-state index in [0.29, 0.717) is 12.3 Å². The number of carbonyl (C=O) groups is 1. The van der Waals surface area contributed by atoms with Gasteiger partial charge in [0.25, 0.3) is 0 Å². The third kappa shape index (κ3) is 3.13. The van der Waals surface area contributed by atoms with Gasteiger partial charge in [0, 0.05) is 19.2 Å². The van der Waals surface area contributed by atoms with E-state index < -0.39 is 11.7 Å². The molecule has 0 radical (unpaired) electrons. The van der Waals surface area contributed by atoms with E-state index in [9.17, 15) is 9.59 Å². The zero-order chi connectivity index (χ0) is 15.4. The summed E-state index contributed by atoms with van der Waals surface area (Å²) in [7, 11) is 3.25. The molecule has 1 atom stereocenters. The summed E-state index contributed by atoms with van der Waals surface area (Å²) >= 11 is 0. The zero-order valence-electron chi connectivity index (χ0n) is 12.2. The van der Waals surface area contributed by atoms with E-state index >= 15 is 0 Å². The smallest absolute Gasteiger partial charge is 0.364 e. The van der Waals surface area contributed by atoms with Gasteiger partial charge in [0.05, 0.1) is 7.11 Å². The van der Waals surface area contributed by atoms with E-state index in [0.717, 1.165) is 5.56 Å². The fourth-order valence-electron chi connectivity index (χ4n) is 2.11. The lowest BCUT2D eigenvalue weighted by Crippen LogP contribution is -2.37. The van der Waals surface area contributed by atoms with Gasteiger partial charge in [-0.25, -0.2) is 9.48 Å². The van der Waals surface area contributed by atoms with Crippen LogP contribution < -0.4 is 15.7 Å². The third-order valence-corrected chi connectivity index (χ3v) is 3.26. The van der Waals surface area contributed by atoms with Crippen molar-refractivity contribution in [3.63, 3.8) is 0 Å². The Bertz CT molecular complexity index is 690. The molecule has 1 heterocycles. The first-order valence-electron chi connectivity index (χ1n) is 6.54. The number of hydrogen-bond donors (Lipinski definition) is 1. The Hall–Kier alpha value is -2.57. The molecular weight excluding hydrogens is 272 g/mol. The highest BCUT2D eigenvalue weighted by atomic mass is 16.5. The summed E-state index contributed by atoms with van der Waals surface area (Å²) in [6, 6.07) is 6.80. The van der Waals surface area contributed by atoms with E-state index in [4.69, 9.17) is 4.74 Å². The van der Waals surface area contributed by atoms with E-state index in [1.165, 1.54) is 15.7 Å². The van der Waals surface area contributed by atoms with Gasteiger partial charge in [0.1, 0.15) is 18.1 Å². The molecule has 1 amide bonds. The number of amides is 1. The van der Waals surface area contributed by atoms with Crippen molar-refractivity contribution in [2.75, 3.05) is 7.11 Å². The number of rotatable bonds is 5. The maximum atomic E-state index is 12.2. The lowest BCUT2D eigenvalue weighted by atomic mass is 10.2. The topological polar surface area (TPSA) is 78.2 Å². The van der Waals surface area contributed by atoms with Crippen LogP contribution in [0.25, 0.3) is 0 Å². The first kappa shape index (κ1) is 14.8. The lowest BCUT2D eigenvalue weighted by Gasteiger charge is -2.15. The summed E-state index contributed by atoms with van der Waals surface area (Å²) in [5.41, 5.74) is 0.426. The van der Waals surface area contributed by atoms with Crippen LogP contribution in [0.15, 0.2) is 35.4 Å². The molecule has 0 fully saturated rings. The van der Waals surface area contributed by atoms with Crippen molar-refractivity contribution in [2.45, 2.75) is 19.5 Å². The average Bonchev–Trinajstić information content (AvgIpc) is 2.83. The van der Waals surface area contributed by atoms with Gasteiger partial charge >= 0.3 is 5.69 Å². The van der Waals surface area contributed by atoms with Crippen molar-refractivity contribution < 1.29 is 9.53 Å². The molecule has 2 aromatic rings. The SMILES string of the molecule is COc1ccccc1CNC(=O)C(C)n1c(=O)ncn1C. The summed E-state index contributed by atoms with van der Waals surface area (Å²) in [4.78, 5) is 27.4. The second-order valence-corrected chi connectivity index (χ2v) is 4.65. The molecule has 1 unspecified atom stereocenters. The molecule has 0 aliphatic carbocycles. The minimum absolute atomic E-state index is 0.258. The minimum Gasteiger partial charge on any atom is -0.496 e. The quantitative estimate of drug-likeness (QED) is 0.868. The van der Waals surface area contributed by atoms with Crippen molar-refractivity contribution in [1.82, 2.24) is 19.7 Å². The maximum absolute atomic E-state index is 12.2. The van der Waals surface area contributed by atoms with E-state index in [1.807, 2.05) is 24.3 Å². The highest BCUT2D eigenvalue weighted by molar-refractivity contribution is 5.79. The monoisotopic (exact) mass is 290 g/mol. The molecular formula is C14H18N4O3. The predicted octanol–water partition coefficient (Wildman–Crippen LogP) is 0.468. The Morgan fingerprint density at radius 3 is 2.76 bits per heavy atom. The highest BCUT2D eigenvalue weighted by Crippen LogP contribution is 2.16. The standard InChI is InChI=1S/C14H18N4O3/c1-10(18-14(20)16-9-17(18)2)13(19)15-8-11-6-4-5-7-12(11)21-3/h4-7,9-10H,8H2,1-3H3,(H,15,19). The number of carbonyl (C=O) groups excluding carboxylic acids is 1. The molecule has 0 aliphatic heterocycles. The predicted molar refractivity (Wildman–Crippen MR) is 77.0 cm³/mol. The van der Waals surface area contributed by atoms with Crippen LogP contribution in [0.4, 0.5) is 0 Å². The first-order valence-corrected chi connectivity index (χ1v) is 6.54. The Morgan fingerprint density at radius 2 is 2.14 bits per heavy atom. The largest absolute Gasteiger partial charge is 0.496 e. The molecule has 112 valence electrons. The molecule has 7 heteroatoms. The Kier molecular flexibility index (Phi) is 4.42. The van der Waals surface area contributed by atoms with Crippen molar-refractivity contribution in [3.8, 4) is 5.75 Å². The van der Waals surface area contributed by atoms with Crippen molar-refractivity contribution in [3.05, 3.63) is 46.6 Å². The molecule has 7 nitrogen and oxygen atoms in total. The normalized spacial score (nSPS) is 12.0. The first-order chi connectivity index (χ1) is 10.0. The van der Waals surface area contributed by atoms with Crippen molar-refractivity contribution in [1.29, 1.82) is 0 Å². The van der Waals surface area contributed by atoms with Crippen LogP contribution in [0.3, 0.4) is 0 Å². The van der Waals surface area contributed by atoms with Crippen LogP contribution in [-0.2, 0) is 18.4 Å². The molecule has 21 heavy (non-hydrogen) atoms. The van der Waals surface area contributed by atoms with Gasteiger partial charge < -0.3 is 10.1 Å². The zero-order valence-corrected chi connectivity index (χ0v) is 12.2. The fourth-order valence-corrected chi connectivity index (χ4v) is 2.11. The number of nitrogens with zero attached hydrogens (tertiary/aromatic N) is 3. The van der Waals surface area contributed by atoms with Crippen molar-refractivity contribution in [2.24, 2.45) is 7.05 Å². The number of aromatic nitrogens is 3. The molecule has 0 aliphatic rings. The van der Waals surface area contributed by atoms with E-state index in [-0.39, 0.29) is 5.91 Å². The number of nitrogens with one attached hydrogen (secondary N) is 1. The average molecular weight is 290 g/mol. The third-order valence-electron chi connectivity index (χ3n) is 3.26. The molecule has 0 bridgehead atoms. The van der Waals surface area contributed by atoms with Crippen LogP contribution in [0.5, 0.6) is 5.75 Å². The number of hydrogen-bond acceptors (Lipinski definition) is 4. The number of para-hydroxylation sites is 1. The van der Waals surface area contributed by atoms with Crippen LogP contribution in [0.1, 0.15) is 18.5 Å². The number of methoxy groups -OCH3 is 1. The van der Waals surface area contributed by atoms with Gasteiger partial charge in [0.15, 0.2) is 0 Å². The maximum Gasteiger partial charge on any atom is 0.364 e. The van der Waals surface area contributed by atoms with E-state index in [2.05, 4.69) is 10.3 Å². The minimum atomic E-state index is -0.639. The van der Waals surface area contributed by atoms with Crippen molar-refractivity contribution >= 4 is 5.91 Å². The number of ether oxygens (including phenoxy) is 1. The molecule has 2 rings (SSSR count). The molecule has 1 N–H and O–H groups in total. The second kappa shape index (κ2) is 6.25. The summed E-state index contributed by atoms with van der Waals surface area (Å²) < 4.78 is 8.01. The molecule has 0 saturated heterocycles. The van der Waals surface area contributed by atoms with Crippen LogP contribution in [0, 0.1) is 0 Å². The summed E-state index contributed by atoms with van der Waals surface area (Å²) in [5.74, 6) is 0.453. The fraction of sp³-hybridized carbons (Fsp3) is 0.357. The van der Waals surface area contributed by atoms with Crippen LogP contribution >= 0.6 is 0 Å². The summed E-state index contributed by atoms with van der Waals surface area (Å²) in [6.07, 6.45) is 1.38. The summed E-state index contributed by atoms with van der Waals surface area (Å²) in [6.45, 7) is 1.99. The molecule has 1 aromatic heterocycles. The van der Waals surface area contributed by atoms with Crippen LogP contribution in [0.2, 0.25) is 0 Å². The van der Waals surface area contributed by atoms with Gasteiger partial charge in [0.2, 0.25) is 5.91 Å².